The van der Waals surface area contributed by atoms with Crippen molar-refractivity contribution >= 4 is 17.5 Å². The van der Waals surface area contributed by atoms with Gasteiger partial charge < -0.3 is 9.42 Å². The van der Waals surface area contributed by atoms with Gasteiger partial charge in [0.05, 0.1) is 0 Å². The molecule has 2 heterocycles. The lowest BCUT2D eigenvalue weighted by atomic mass is 10.1. The molecule has 3 aromatic rings. The lowest BCUT2D eigenvalue weighted by Crippen LogP contribution is -2.30. The third-order valence-electron chi connectivity index (χ3n) is 4.36. The molecule has 0 radical (unpaired) electrons. The molecule has 0 saturated carbocycles. The highest BCUT2D eigenvalue weighted by atomic mass is 35.5. The van der Waals surface area contributed by atoms with Gasteiger partial charge in [0.1, 0.15) is 6.04 Å². The van der Waals surface area contributed by atoms with Gasteiger partial charge in [-0.15, -0.1) is 0 Å². The topological polar surface area (TPSA) is 59.2 Å². The van der Waals surface area contributed by atoms with Crippen molar-refractivity contribution in [1.82, 2.24) is 15.0 Å². The Morgan fingerprint density at radius 3 is 2.64 bits per heavy atom. The van der Waals surface area contributed by atoms with Crippen molar-refractivity contribution in [3.63, 3.8) is 0 Å². The summed E-state index contributed by atoms with van der Waals surface area (Å²) in [5, 5.41) is 4.72. The van der Waals surface area contributed by atoms with Crippen molar-refractivity contribution in [3.8, 4) is 11.4 Å². The number of likely N-dealkylation sites (tertiary alicyclic amines) is 1. The first-order chi connectivity index (χ1) is 12.2. The molecule has 1 aromatic heterocycles. The van der Waals surface area contributed by atoms with Crippen molar-refractivity contribution in [2.45, 2.75) is 18.9 Å². The number of aromatic nitrogens is 2. The average molecular weight is 354 g/mol. The van der Waals surface area contributed by atoms with E-state index in [-0.39, 0.29) is 11.9 Å². The number of hydrogen-bond acceptors (Lipinski definition) is 4. The monoisotopic (exact) mass is 353 g/mol. The molecule has 1 aliphatic heterocycles. The molecule has 0 spiro atoms. The van der Waals surface area contributed by atoms with Crippen LogP contribution in [0.2, 0.25) is 5.02 Å². The highest BCUT2D eigenvalue weighted by molar-refractivity contribution is 6.30. The van der Waals surface area contributed by atoms with Gasteiger partial charge in [-0.1, -0.05) is 35.0 Å². The van der Waals surface area contributed by atoms with E-state index in [4.69, 9.17) is 16.1 Å². The van der Waals surface area contributed by atoms with Crippen molar-refractivity contribution in [2.75, 3.05) is 6.54 Å². The fraction of sp³-hybridized carbons (Fsp3) is 0.211. The van der Waals surface area contributed by atoms with Gasteiger partial charge in [-0.2, -0.15) is 4.98 Å². The number of hydrogen-bond donors (Lipinski definition) is 0. The van der Waals surface area contributed by atoms with Gasteiger partial charge in [0.2, 0.25) is 11.7 Å². The number of benzene rings is 2. The maximum atomic E-state index is 12.8. The minimum atomic E-state index is -0.179. The normalized spacial score (nSPS) is 17.0. The lowest BCUT2D eigenvalue weighted by molar-refractivity contribution is 0.0710. The largest absolute Gasteiger partial charge is 0.337 e. The van der Waals surface area contributed by atoms with Crippen LogP contribution in [0.25, 0.3) is 11.4 Å². The van der Waals surface area contributed by atoms with E-state index in [9.17, 15) is 4.79 Å². The summed E-state index contributed by atoms with van der Waals surface area (Å²) in [5.74, 6) is 0.978. The van der Waals surface area contributed by atoms with Gasteiger partial charge in [0.25, 0.3) is 5.91 Å². The van der Waals surface area contributed by atoms with Crippen molar-refractivity contribution < 1.29 is 9.32 Å². The number of amides is 1. The molecule has 126 valence electrons. The van der Waals surface area contributed by atoms with Crippen LogP contribution in [0.15, 0.2) is 59.1 Å². The van der Waals surface area contributed by atoms with Crippen LogP contribution >= 0.6 is 11.6 Å². The Balaban J connectivity index is 1.59. The maximum absolute atomic E-state index is 12.8. The molecule has 25 heavy (non-hydrogen) atoms. The number of rotatable bonds is 3. The predicted molar refractivity (Wildman–Crippen MR) is 94.2 cm³/mol. The first-order valence-corrected chi connectivity index (χ1v) is 8.56. The third kappa shape index (κ3) is 3.15. The number of carbonyl (C=O) groups is 1. The molecule has 1 aliphatic rings. The molecule has 4 rings (SSSR count). The van der Waals surface area contributed by atoms with Gasteiger partial charge in [-0.3, -0.25) is 4.79 Å². The van der Waals surface area contributed by atoms with Gasteiger partial charge in [0.15, 0.2) is 0 Å². The molecular formula is C19H16ClN3O2. The molecule has 6 heteroatoms. The molecule has 1 saturated heterocycles. The first-order valence-electron chi connectivity index (χ1n) is 8.18. The summed E-state index contributed by atoms with van der Waals surface area (Å²) in [6.07, 6.45) is 1.74. The van der Waals surface area contributed by atoms with Crippen LogP contribution in [0.5, 0.6) is 0 Å². The molecule has 2 aromatic carbocycles. The SMILES string of the molecule is O=C(c1ccccc1)N1CCCC1c1nc(-c2ccc(Cl)cc2)no1. The second-order valence-electron chi connectivity index (χ2n) is 5.99. The molecule has 0 bridgehead atoms. The average Bonchev–Trinajstić information content (AvgIpc) is 3.31. The van der Waals surface area contributed by atoms with Gasteiger partial charge >= 0.3 is 0 Å². The van der Waals surface area contributed by atoms with Crippen LogP contribution < -0.4 is 0 Å². The van der Waals surface area contributed by atoms with E-state index in [0.29, 0.717) is 28.8 Å². The third-order valence-corrected chi connectivity index (χ3v) is 4.62. The molecular weight excluding hydrogens is 338 g/mol. The Bertz CT molecular complexity index is 877. The first kappa shape index (κ1) is 15.8. The summed E-state index contributed by atoms with van der Waals surface area (Å²) in [6, 6.07) is 16.4. The van der Waals surface area contributed by atoms with E-state index in [0.717, 1.165) is 18.4 Å². The zero-order valence-corrected chi connectivity index (χ0v) is 14.2. The summed E-state index contributed by atoms with van der Waals surface area (Å²) < 4.78 is 5.46. The van der Waals surface area contributed by atoms with Gasteiger partial charge in [-0.05, 0) is 49.2 Å². The minimum absolute atomic E-state index is 0.00524. The Labute approximate surface area is 150 Å². The summed E-state index contributed by atoms with van der Waals surface area (Å²) in [5.41, 5.74) is 1.50. The maximum Gasteiger partial charge on any atom is 0.254 e. The van der Waals surface area contributed by atoms with Crippen LogP contribution in [-0.4, -0.2) is 27.5 Å². The van der Waals surface area contributed by atoms with Crippen LogP contribution in [0.4, 0.5) is 0 Å². The molecule has 0 aliphatic carbocycles. The highest BCUT2D eigenvalue weighted by Crippen LogP contribution is 2.33. The number of carbonyl (C=O) groups excluding carboxylic acids is 1. The summed E-state index contributed by atoms with van der Waals surface area (Å²) in [7, 11) is 0. The fourth-order valence-corrected chi connectivity index (χ4v) is 3.23. The summed E-state index contributed by atoms with van der Waals surface area (Å²) in [4.78, 5) is 19.1. The van der Waals surface area contributed by atoms with E-state index in [2.05, 4.69) is 10.1 Å². The lowest BCUT2D eigenvalue weighted by Gasteiger charge is -2.21. The quantitative estimate of drug-likeness (QED) is 0.701. The van der Waals surface area contributed by atoms with Crippen molar-refractivity contribution in [3.05, 3.63) is 71.1 Å². The molecule has 1 fully saturated rings. The van der Waals surface area contributed by atoms with Crippen molar-refractivity contribution in [1.29, 1.82) is 0 Å². The van der Waals surface area contributed by atoms with E-state index >= 15 is 0 Å². The van der Waals surface area contributed by atoms with Crippen molar-refractivity contribution in [2.24, 2.45) is 0 Å². The molecule has 1 unspecified atom stereocenters. The van der Waals surface area contributed by atoms with Crippen LogP contribution in [0, 0.1) is 0 Å². The summed E-state index contributed by atoms with van der Waals surface area (Å²) in [6.45, 7) is 0.692. The number of halogens is 1. The molecule has 1 atom stereocenters. The van der Waals surface area contributed by atoms with Gasteiger partial charge in [0, 0.05) is 22.7 Å². The van der Waals surface area contributed by atoms with Gasteiger partial charge in [-0.25, -0.2) is 0 Å². The predicted octanol–water partition coefficient (Wildman–Crippen LogP) is 4.37. The second kappa shape index (κ2) is 6.69. The smallest absolute Gasteiger partial charge is 0.254 e. The standard InChI is InChI=1S/C19H16ClN3O2/c20-15-10-8-13(9-11-15)17-21-18(25-22-17)16-7-4-12-23(16)19(24)14-5-2-1-3-6-14/h1-3,5-6,8-11,16H,4,7,12H2. The number of nitrogens with zero attached hydrogens (tertiary/aromatic N) is 3. The van der Waals surface area contributed by atoms with E-state index < -0.39 is 0 Å². The van der Waals surface area contributed by atoms with Crippen LogP contribution in [0.3, 0.4) is 0 Å². The van der Waals surface area contributed by atoms with E-state index in [1.54, 1.807) is 12.1 Å². The van der Waals surface area contributed by atoms with Crippen LogP contribution in [-0.2, 0) is 0 Å². The molecule has 1 amide bonds. The zero-order chi connectivity index (χ0) is 17.2. The molecule has 0 N–H and O–H groups in total. The van der Waals surface area contributed by atoms with Crippen LogP contribution in [0.1, 0.15) is 35.1 Å². The zero-order valence-electron chi connectivity index (χ0n) is 13.4. The fourth-order valence-electron chi connectivity index (χ4n) is 3.10. The minimum Gasteiger partial charge on any atom is -0.337 e. The highest BCUT2D eigenvalue weighted by Gasteiger charge is 2.34. The second-order valence-corrected chi connectivity index (χ2v) is 6.42. The van der Waals surface area contributed by atoms with E-state index in [1.165, 1.54) is 0 Å². The Morgan fingerprint density at radius 1 is 1.12 bits per heavy atom. The Morgan fingerprint density at radius 2 is 1.88 bits per heavy atom. The summed E-state index contributed by atoms with van der Waals surface area (Å²) >= 11 is 5.91. The van der Waals surface area contributed by atoms with E-state index in [1.807, 2.05) is 47.4 Å². The Hall–Kier alpha value is -2.66. The Kier molecular flexibility index (Phi) is 4.24. The molecule has 5 nitrogen and oxygen atoms in total.